The molecule has 0 aliphatic heterocycles. The topological polar surface area (TPSA) is 119 Å². The Morgan fingerprint density at radius 1 is 1.25 bits per heavy atom. The summed E-state index contributed by atoms with van der Waals surface area (Å²) >= 11 is 0. The van der Waals surface area contributed by atoms with Crippen LogP contribution in [-0.2, 0) is 0 Å². The van der Waals surface area contributed by atoms with Crippen LogP contribution < -0.4 is 11.1 Å². The number of rotatable bonds is 6. The highest BCUT2D eigenvalue weighted by molar-refractivity contribution is 5.95. The number of carbonyl (C=O) groups excluding carboxylic acids is 1. The second-order valence-corrected chi connectivity index (χ2v) is 4.88. The summed E-state index contributed by atoms with van der Waals surface area (Å²) < 4.78 is 0. The minimum atomic E-state index is -1.26. The Bertz CT molecular complexity index is 464. The molecule has 0 radical (unpaired) electrons. The Morgan fingerprint density at radius 2 is 1.80 bits per heavy atom. The number of aliphatic hydroxyl groups excluding tert-OH is 3. The van der Waals surface area contributed by atoms with Gasteiger partial charge in [-0.15, -0.1) is 0 Å². The SMILES string of the molecule is CN(C)C(=O)c1ccc(NC(CO)(CO)CO)c(N)c1. The van der Waals surface area contributed by atoms with Crippen molar-refractivity contribution in [3.05, 3.63) is 23.8 Å². The van der Waals surface area contributed by atoms with E-state index in [2.05, 4.69) is 5.32 Å². The number of carbonyl (C=O) groups is 1. The van der Waals surface area contributed by atoms with Crippen molar-refractivity contribution in [2.45, 2.75) is 5.54 Å². The smallest absolute Gasteiger partial charge is 0.253 e. The molecule has 0 aliphatic carbocycles. The molecular formula is C13H21N3O4. The molecule has 1 amide bonds. The Balaban J connectivity index is 3.02. The number of nitrogen functional groups attached to an aromatic ring is 1. The molecule has 0 heterocycles. The summed E-state index contributed by atoms with van der Waals surface area (Å²) in [5, 5.41) is 30.6. The molecule has 0 unspecified atom stereocenters. The Hall–Kier alpha value is -1.83. The molecule has 0 spiro atoms. The second kappa shape index (κ2) is 6.56. The molecule has 6 N–H and O–H groups in total. The van der Waals surface area contributed by atoms with Gasteiger partial charge in [0.05, 0.1) is 31.2 Å². The number of amides is 1. The van der Waals surface area contributed by atoms with Crippen LogP contribution in [0.4, 0.5) is 11.4 Å². The number of nitrogens with two attached hydrogens (primary N) is 1. The zero-order valence-corrected chi connectivity index (χ0v) is 11.6. The lowest BCUT2D eigenvalue weighted by Gasteiger charge is -2.30. The first kappa shape index (κ1) is 16.2. The van der Waals surface area contributed by atoms with E-state index < -0.39 is 25.4 Å². The van der Waals surface area contributed by atoms with Gasteiger partial charge in [0.15, 0.2) is 0 Å². The lowest BCUT2D eigenvalue weighted by Crippen LogP contribution is -2.49. The van der Waals surface area contributed by atoms with Crippen LogP contribution in [0.15, 0.2) is 18.2 Å². The summed E-state index contributed by atoms with van der Waals surface area (Å²) in [6, 6.07) is 4.65. The molecule has 7 nitrogen and oxygen atoms in total. The van der Waals surface area contributed by atoms with Crippen molar-refractivity contribution in [1.82, 2.24) is 4.90 Å². The van der Waals surface area contributed by atoms with Gasteiger partial charge in [-0.3, -0.25) is 4.79 Å². The first-order valence-corrected chi connectivity index (χ1v) is 6.11. The van der Waals surface area contributed by atoms with Crippen molar-refractivity contribution in [3.63, 3.8) is 0 Å². The number of benzene rings is 1. The number of anilines is 2. The van der Waals surface area contributed by atoms with Crippen LogP contribution in [0.5, 0.6) is 0 Å². The predicted molar refractivity (Wildman–Crippen MR) is 76.5 cm³/mol. The second-order valence-electron chi connectivity index (χ2n) is 4.88. The maximum atomic E-state index is 11.8. The number of hydrogen-bond acceptors (Lipinski definition) is 6. The van der Waals surface area contributed by atoms with E-state index in [-0.39, 0.29) is 11.6 Å². The fourth-order valence-electron chi connectivity index (χ4n) is 1.62. The summed E-state index contributed by atoms with van der Waals surface area (Å²) in [5.74, 6) is -0.180. The molecule has 20 heavy (non-hydrogen) atoms. The van der Waals surface area contributed by atoms with Crippen molar-refractivity contribution in [1.29, 1.82) is 0 Å². The van der Waals surface area contributed by atoms with Crippen LogP contribution in [-0.4, -0.2) is 65.6 Å². The van der Waals surface area contributed by atoms with Gasteiger partial charge in [0.2, 0.25) is 0 Å². The average Bonchev–Trinajstić information content (AvgIpc) is 2.45. The van der Waals surface area contributed by atoms with Gasteiger partial charge in [0.1, 0.15) is 5.54 Å². The fraction of sp³-hybridized carbons (Fsp3) is 0.462. The maximum absolute atomic E-state index is 11.8. The van der Waals surface area contributed by atoms with E-state index in [0.29, 0.717) is 11.3 Å². The van der Waals surface area contributed by atoms with Crippen LogP contribution in [0.3, 0.4) is 0 Å². The van der Waals surface area contributed by atoms with Gasteiger partial charge < -0.3 is 31.3 Å². The molecule has 0 bridgehead atoms. The van der Waals surface area contributed by atoms with Gasteiger partial charge >= 0.3 is 0 Å². The summed E-state index contributed by atoms with van der Waals surface area (Å²) in [6.45, 7) is -1.38. The minimum absolute atomic E-state index is 0.180. The Labute approximate surface area is 117 Å². The summed E-state index contributed by atoms with van der Waals surface area (Å²) in [5.41, 5.74) is 5.74. The number of nitrogens with zero attached hydrogens (tertiary/aromatic N) is 1. The summed E-state index contributed by atoms with van der Waals surface area (Å²) in [6.07, 6.45) is 0. The highest BCUT2D eigenvalue weighted by Gasteiger charge is 2.28. The van der Waals surface area contributed by atoms with Gasteiger partial charge in [-0.05, 0) is 18.2 Å². The lowest BCUT2D eigenvalue weighted by molar-refractivity contribution is 0.0822. The van der Waals surface area contributed by atoms with E-state index in [9.17, 15) is 20.1 Å². The zero-order valence-electron chi connectivity index (χ0n) is 11.6. The normalized spacial score (nSPS) is 11.2. The molecule has 0 aliphatic rings. The van der Waals surface area contributed by atoms with Crippen LogP contribution in [0.2, 0.25) is 0 Å². The summed E-state index contributed by atoms with van der Waals surface area (Å²) in [4.78, 5) is 13.2. The van der Waals surface area contributed by atoms with Gasteiger partial charge in [-0.25, -0.2) is 0 Å². The minimum Gasteiger partial charge on any atom is -0.397 e. The highest BCUT2D eigenvalue weighted by Crippen LogP contribution is 2.24. The molecule has 112 valence electrons. The highest BCUT2D eigenvalue weighted by atomic mass is 16.3. The third-order valence-corrected chi connectivity index (χ3v) is 3.01. The third-order valence-electron chi connectivity index (χ3n) is 3.01. The van der Waals surface area contributed by atoms with Gasteiger partial charge in [-0.2, -0.15) is 0 Å². The largest absolute Gasteiger partial charge is 0.397 e. The van der Waals surface area contributed by atoms with Crippen molar-refractivity contribution in [2.24, 2.45) is 0 Å². The van der Waals surface area contributed by atoms with E-state index in [1.54, 1.807) is 26.2 Å². The van der Waals surface area contributed by atoms with Crippen LogP contribution in [0.1, 0.15) is 10.4 Å². The molecule has 1 rings (SSSR count). The standard InChI is InChI=1S/C13H21N3O4/c1-16(2)12(20)9-3-4-11(10(14)5-9)15-13(6-17,7-18)8-19/h3-5,15,17-19H,6-8,14H2,1-2H3. The van der Waals surface area contributed by atoms with E-state index in [1.165, 1.54) is 11.0 Å². The van der Waals surface area contributed by atoms with Crippen molar-refractivity contribution in [2.75, 3.05) is 45.0 Å². The molecular weight excluding hydrogens is 262 g/mol. The molecule has 0 aromatic heterocycles. The third kappa shape index (κ3) is 3.38. The fourth-order valence-corrected chi connectivity index (χ4v) is 1.62. The molecule has 0 saturated heterocycles. The van der Waals surface area contributed by atoms with Crippen molar-refractivity contribution in [3.8, 4) is 0 Å². The molecule has 0 saturated carbocycles. The number of nitrogens with one attached hydrogen (secondary N) is 1. The lowest BCUT2D eigenvalue weighted by atomic mass is 10.0. The molecule has 1 aromatic rings. The van der Waals surface area contributed by atoms with E-state index in [0.717, 1.165) is 0 Å². The maximum Gasteiger partial charge on any atom is 0.253 e. The van der Waals surface area contributed by atoms with E-state index in [4.69, 9.17) is 5.73 Å². The van der Waals surface area contributed by atoms with Crippen LogP contribution in [0, 0.1) is 0 Å². The van der Waals surface area contributed by atoms with E-state index in [1.807, 2.05) is 0 Å². The Morgan fingerprint density at radius 3 is 2.20 bits per heavy atom. The van der Waals surface area contributed by atoms with Gasteiger partial charge in [0, 0.05) is 19.7 Å². The van der Waals surface area contributed by atoms with Gasteiger partial charge in [0.25, 0.3) is 5.91 Å². The molecule has 0 fully saturated rings. The summed E-state index contributed by atoms with van der Waals surface area (Å²) in [7, 11) is 3.28. The van der Waals surface area contributed by atoms with Gasteiger partial charge in [-0.1, -0.05) is 0 Å². The van der Waals surface area contributed by atoms with Crippen molar-refractivity contribution >= 4 is 17.3 Å². The van der Waals surface area contributed by atoms with Crippen LogP contribution >= 0.6 is 0 Å². The molecule has 7 heteroatoms. The molecule has 1 aromatic carbocycles. The van der Waals surface area contributed by atoms with Crippen LogP contribution in [0.25, 0.3) is 0 Å². The van der Waals surface area contributed by atoms with E-state index >= 15 is 0 Å². The first-order chi connectivity index (χ1) is 9.39. The predicted octanol–water partition coefficient (Wildman–Crippen LogP) is -0.902. The number of aliphatic hydroxyl groups is 3. The first-order valence-electron chi connectivity index (χ1n) is 6.11. The Kier molecular flexibility index (Phi) is 5.32. The average molecular weight is 283 g/mol. The van der Waals surface area contributed by atoms with Crippen molar-refractivity contribution < 1.29 is 20.1 Å². The zero-order chi connectivity index (χ0) is 15.3. The quantitative estimate of drug-likeness (QED) is 0.432. The number of hydrogen-bond donors (Lipinski definition) is 5. The monoisotopic (exact) mass is 283 g/mol. The molecule has 0 atom stereocenters.